The smallest absolute Gasteiger partial charge is 0.223 e. The van der Waals surface area contributed by atoms with Crippen LogP contribution in [0.2, 0.25) is 0 Å². The minimum atomic E-state index is 0.0155. The van der Waals surface area contributed by atoms with Crippen LogP contribution in [-0.2, 0) is 24.1 Å². The topological polar surface area (TPSA) is 95.6 Å². The van der Waals surface area contributed by atoms with Gasteiger partial charge in [-0.3, -0.25) is 9.89 Å². The van der Waals surface area contributed by atoms with Gasteiger partial charge in [0.05, 0.1) is 17.1 Å². The number of carbonyl (C=O) groups is 1. The van der Waals surface area contributed by atoms with E-state index in [0.717, 1.165) is 58.3 Å². The van der Waals surface area contributed by atoms with Crippen molar-refractivity contribution in [2.24, 2.45) is 5.92 Å². The van der Waals surface area contributed by atoms with Crippen LogP contribution in [-0.4, -0.2) is 32.6 Å². The summed E-state index contributed by atoms with van der Waals surface area (Å²) >= 11 is 3.42. The van der Waals surface area contributed by atoms with Gasteiger partial charge in [0, 0.05) is 33.3 Å². The summed E-state index contributed by atoms with van der Waals surface area (Å²) in [7, 11) is 0. The molecule has 0 bridgehead atoms. The number of anilines is 2. The van der Waals surface area contributed by atoms with Crippen LogP contribution in [0.25, 0.3) is 21.1 Å². The number of hydrogen-bond acceptors (Lipinski definition) is 7. The largest absolute Gasteiger partial charge is 0.355 e. The van der Waals surface area contributed by atoms with Crippen molar-refractivity contribution in [1.82, 2.24) is 25.5 Å². The molecule has 0 radical (unpaired) electrons. The van der Waals surface area contributed by atoms with Crippen molar-refractivity contribution in [2.75, 3.05) is 11.9 Å². The molecule has 1 aliphatic rings. The number of fused-ring (bicyclic) bond motifs is 4. The molecule has 6 rings (SSSR count). The second-order valence-electron chi connectivity index (χ2n) is 8.26. The Balaban J connectivity index is 1.20. The van der Waals surface area contributed by atoms with Crippen molar-refractivity contribution in [2.45, 2.75) is 25.7 Å². The Hall–Kier alpha value is -3.30. The second-order valence-corrected chi connectivity index (χ2v) is 10.4. The van der Waals surface area contributed by atoms with E-state index in [9.17, 15) is 4.79 Å². The Morgan fingerprint density at radius 2 is 2.21 bits per heavy atom. The van der Waals surface area contributed by atoms with E-state index in [4.69, 9.17) is 0 Å². The molecule has 1 atom stereocenters. The Kier molecular flexibility index (Phi) is 5.27. The number of carbonyl (C=O) groups excluding carboxylic acids is 1. The fourth-order valence-electron chi connectivity index (χ4n) is 4.49. The van der Waals surface area contributed by atoms with Crippen LogP contribution in [0.15, 0.2) is 48.2 Å². The van der Waals surface area contributed by atoms with Crippen LogP contribution in [0.5, 0.6) is 0 Å². The summed E-state index contributed by atoms with van der Waals surface area (Å²) in [6, 6.07) is 10.2. The number of amides is 1. The molecular weight excluding hydrogens is 452 g/mol. The number of nitrogens with one attached hydrogen (secondary N) is 3. The number of H-pyrrole nitrogens is 1. The first-order valence-corrected chi connectivity index (χ1v) is 12.7. The van der Waals surface area contributed by atoms with Crippen LogP contribution < -0.4 is 10.6 Å². The Morgan fingerprint density at radius 1 is 1.24 bits per heavy atom. The molecule has 33 heavy (non-hydrogen) atoms. The summed E-state index contributed by atoms with van der Waals surface area (Å²) in [6.45, 7) is 0.690. The lowest BCUT2D eigenvalue weighted by atomic mass is 9.87. The molecule has 4 aromatic heterocycles. The van der Waals surface area contributed by atoms with Gasteiger partial charge >= 0.3 is 0 Å². The minimum Gasteiger partial charge on any atom is -0.355 e. The molecule has 4 heterocycles. The molecule has 7 nitrogen and oxygen atoms in total. The number of hydrogen-bond donors (Lipinski definition) is 3. The summed E-state index contributed by atoms with van der Waals surface area (Å²) in [5.41, 5.74) is 3.24. The number of rotatable bonds is 6. The highest BCUT2D eigenvalue weighted by molar-refractivity contribution is 7.19. The molecule has 1 aromatic carbocycles. The monoisotopic (exact) mass is 474 g/mol. The van der Waals surface area contributed by atoms with Crippen molar-refractivity contribution in [3.05, 3.63) is 63.6 Å². The minimum absolute atomic E-state index is 0.0155. The molecule has 0 aliphatic heterocycles. The normalized spacial score (nSPS) is 15.6. The molecule has 1 amide bonds. The first kappa shape index (κ1) is 20.3. The van der Waals surface area contributed by atoms with Crippen LogP contribution >= 0.6 is 22.7 Å². The Morgan fingerprint density at radius 3 is 3.12 bits per heavy atom. The maximum Gasteiger partial charge on any atom is 0.223 e. The van der Waals surface area contributed by atoms with Gasteiger partial charge in [0.15, 0.2) is 0 Å². The van der Waals surface area contributed by atoms with E-state index in [2.05, 4.69) is 48.3 Å². The summed E-state index contributed by atoms with van der Waals surface area (Å²) in [5.74, 6) is 0.994. The van der Waals surface area contributed by atoms with Crippen LogP contribution in [0.1, 0.15) is 21.7 Å². The number of aromatic amines is 1. The summed E-state index contributed by atoms with van der Waals surface area (Å²) in [5, 5.41) is 17.9. The number of nitrogens with zero attached hydrogens (tertiary/aromatic N) is 3. The van der Waals surface area contributed by atoms with Gasteiger partial charge in [0.2, 0.25) is 5.91 Å². The van der Waals surface area contributed by atoms with E-state index in [0.29, 0.717) is 6.54 Å². The zero-order valence-corrected chi connectivity index (χ0v) is 19.4. The van der Waals surface area contributed by atoms with Gasteiger partial charge in [-0.15, -0.1) is 22.7 Å². The van der Waals surface area contributed by atoms with Crippen molar-refractivity contribution in [3.63, 3.8) is 0 Å². The van der Waals surface area contributed by atoms with Crippen LogP contribution in [0.3, 0.4) is 0 Å². The number of thiophene rings is 2. The molecular formula is C24H22N6OS2. The first-order chi connectivity index (χ1) is 16.2. The van der Waals surface area contributed by atoms with Gasteiger partial charge in [-0.1, -0.05) is 6.07 Å². The predicted molar refractivity (Wildman–Crippen MR) is 133 cm³/mol. The van der Waals surface area contributed by atoms with Gasteiger partial charge in [-0.25, -0.2) is 9.97 Å². The fraction of sp³-hybridized carbons (Fsp3) is 0.250. The summed E-state index contributed by atoms with van der Waals surface area (Å²) in [4.78, 5) is 25.4. The van der Waals surface area contributed by atoms with Crippen LogP contribution in [0.4, 0.5) is 11.5 Å². The predicted octanol–water partition coefficient (Wildman–Crippen LogP) is 4.84. The van der Waals surface area contributed by atoms with Gasteiger partial charge in [0.1, 0.15) is 17.0 Å². The van der Waals surface area contributed by atoms with Gasteiger partial charge < -0.3 is 10.6 Å². The molecule has 0 spiro atoms. The molecule has 3 N–H and O–H groups in total. The third-order valence-corrected chi connectivity index (χ3v) is 8.27. The highest BCUT2D eigenvalue weighted by Gasteiger charge is 2.29. The first-order valence-electron chi connectivity index (χ1n) is 11.0. The third-order valence-electron chi connectivity index (χ3n) is 6.17. The lowest BCUT2D eigenvalue weighted by Gasteiger charge is -2.21. The molecule has 9 heteroatoms. The maximum absolute atomic E-state index is 12.8. The zero-order valence-electron chi connectivity index (χ0n) is 17.8. The van der Waals surface area contributed by atoms with E-state index < -0.39 is 0 Å². The van der Waals surface area contributed by atoms with Crippen molar-refractivity contribution in [1.29, 1.82) is 0 Å². The molecule has 166 valence electrons. The second kappa shape index (κ2) is 8.57. The molecule has 5 aromatic rings. The maximum atomic E-state index is 12.8. The zero-order chi connectivity index (χ0) is 22.2. The highest BCUT2D eigenvalue weighted by atomic mass is 32.1. The van der Waals surface area contributed by atoms with E-state index in [1.807, 2.05) is 24.4 Å². The molecule has 1 aliphatic carbocycles. The van der Waals surface area contributed by atoms with E-state index in [1.54, 1.807) is 29.0 Å². The van der Waals surface area contributed by atoms with E-state index in [-0.39, 0.29) is 11.8 Å². The Bertz CT molecular complexity index is 1440. The average Bonchev–Trinajstić information content (AvgIpc) is 3.58. The van der Waals surface area contributed by atoms with Gasteiger partial charge in [0.25, 0.3) is 0 Å². The number of aryl methyl sites for hydroxylation is 1. The third kappa shape index (κ3) is 3.98. The van der Waals surface area contributed by atoms with Crippen molar-refractivity contribution < 1.29 is 4.79 Å². The molecule has 1 unspecified atom stereocenters. The Labute approximate surface area is 198 Å². The average molecular weight is 475 g/mol. The van der Waals surface area contributed by atoms with E-state index in [1.165, 1.54) is 15.3 Å². The number of benzene rings is 1. The molecule has 0 saturated carbocycles. The lowest BCUT2D eigenvalue weighted by Crippen LogP contribution is -2.34. The fourth-order valence-corrected chi connectivity index (χ4v) is 6.47. The van der Waals surface area contributed by atoms with Crippen LogP contribution in [0, 0.1) is 5.92 Å². The summed E-state index contributed by atoms with van der Waals surface area (Å²) in [6.07, 6.45) is 6.78. The van der Waals surface area contributed by atoms with Gasteiger partial charge in [-0.2, -0.15) is 5.10 Å². The lowest BCUT2D eigenvalue weighted by molar-refractivity contribution is -0.125. The quantitative estimate of drug-likeness (QED) is 0.327. The summed E-state index contributed by atoms with van der Waals surface area (Å²) < 4.78 is 0. The standard InChI is InChI=1S/C24H22N6OS2/c31-23(25-8-7-17-2-1-9-32-17)14-3-5-18-20(11-14)33-24-21(18)22(26-13-27-24)29-16-4-6-19-15(10-16)12-28-30-19/h1-2,4,6,9-10,12-14H,3,5,7-8,11H2,(H,25,31)(H,28,30)(H,26,27,29). The van der Waals surface area contributed by atoms with Crippen molar-refractivity contribution in [3.8, 4) is 0 Å². The number of aromatic nitrogens is 4. The van der Waals surface area contributed by atoms with Crippen molar-refractivity contribution >= 4 is 61.2 Å². The SMILES string of the molecule is O=C(NCCc1cccs1)C1CCc2c(sc3ncnc(Nc4ccc5[nH]ncc5c4)c23)C1. The molecule has 0 fully saturated rings. The van der Waals surface area contributed by atoms with E-state index >= 15 is 0 Å². The highest BCUT2D eigenvalue weighted by Crippen LogP contribution is 2.40. The van der Waals surface area contributed by atoms with Gasteiger partial charge in [-0.05, 0) is 60.9 Å². The molecule has 0 saturated heterocycles.